The van der Waals surface area contributed by atoms with Gasteiger partial charge in [0.25, 0.3) is 0 Å². The molecule has 0 saturated heterocycles. The first kappa shape index (κ1) is 32.3. The number of aromatic nitrogens is 3. The van der Waals surface area contributed by atoms with Gasteiger partial charge in [-0.15, -0.1) is 22.7 Å². The SMILES string of the molecule is c1ccc(-c2nc(-c3ccccc3)nc(-c3cccc4c3sc3cccc(-c5ccc(-c6ccc7oc8ccccc8c7c6)c6c5sc5ccccc56)c34)n2)cc1. The van der Waals surface area contributed by atoms with Crippen LogP contribution >= 0.6 is 22.7 Å². The van der Waals surface area contributed by atoms with Crippen molar-refractivity contribution in [3.05, 3.63) is 176 Å². The van der Waals surface area contributed by atoms with Gasteiger partial charge in [0.15, 0.2) is 17.5 Å². The van der Waals surface area contributed by atoms with E-state index in [1.807, 2.05) is 59.9 Å². The van der Waals surface area contributed by atoms with Crippen molar-refractivity contribution in [2.45, 2.75) is 0 Å². The summed E-state index contributed by atoms with van der Waals surface area (Å²) in [6.07, 6.45) is 0. The molecule has 0 saturated carbocycles. The Bertz CT molecular complexity index is 3470. The number of benzene rings is 8. The Morgan fingerprint density at radius 1 is 0.333 bits per heavy atom. The highest BCUT2D eigenvalue weighted by molar-refractivity contribution is 7.27. The molecular formula is C51H29N3OS2. The molecule has 0 radical (unpaired) electrons. The van der Waals surface area contributed by atoms with E-state index in [-0.39, 0.29) is 0 Å². The number of para-hydroxylation sites is 1. The minimum atomic E-state index is 0.658. The van der Waals surface area contributed by atoms with Gasteiger partial charge in [0.2, 0.25) is 0 Å². The van der Waals surface area contributed by atoms with Crippen LogP contribution in [-0.2, 0) is 0 Å². The number of hydrogen-bond acceptors (Lipinski definition) is 6. The monoisotopic (exact) mass is 763 g/mol. The molecule has 0 amide bonds. The first-order valence-electron chi connectivity index (χ1n) is 18.9. The normalized spacial score (nSPS) is 11.9. The summed E-state index contributed by atoms with van der Waals surface area (Å²) >= 11 is 3.68. The molecule has 4 nitrogen and oxygen atoms in total. The Balaban J connectivity index is 1.07. The summed E-state index contributed by atoms with van der Waals surface area (Å²) < 4.78 is 11.2. The first-order chi connectivity index (χ1) is 28.2. The fraction of sp³-hybridized carbons (Fsp3) is 0. The van der Waals surface area contributed by atoms with Gasteiger partial charge in [0.05, 0.1) is 0 Å². The second-order valence-corrected chi connectivity index (χ2v) is 16.4. The second kappa shape index (κ2) is 12.8. The smallest absolute Gasteiger partial charge is 0.165 e. The molecule has 0 fully saturated rings. The molecule has 0 N–H and O–H groups in total. The number of hydrogen-bond donors (Lipinski definition) is 0. The van der Waals surface area contributed by atoms with Crippen molar-refractivity contribution in [2.75, 3.05) is 0 Å². The highest BCUT2D eigenvalue weighted by Crippen LogP contribution is 2.49. The average molecular weight is 764 g/mol. The Kier molecular flexibility index (Phi) is 7.24. The largest absolute Gasteiger partial charge is 0.456 e. The molecule has 0 aliphatic carbocycles. The van der Waals surface area contributed by atoms with E-state index in [1.54, 1.807) is 11.3 Å². The van der Waals surface area contributed by atoms with Crippen molar-refractivity contribution in [1.82, 2.24) is 15.0 Å². The molecule has 57 heavy (non-hydrogen) atoms. The highest BCUT2D eigenvalue weighted by Gasteiger charge is 2.21. The number of nitrogens with zero attached hydrogens (tertiary/aromatic N) is 3. The maximum atomic E-state index is 6.21. The molecule has 0 atom stereocenters. The lowest BCUT2D eigenvalue weighted by molar-refractivity contribution is 0.669. The summed E-state index contributed by atoms with van der Waals surface area (Å²) in [5, 5.41) is 7.27. The van der Waals surface area contributed by atoms with Gasteiger partial charge in [0.1, 0.15) is 11.2 Å². The molecule has 12 rings (SSSR count). The van der Waals surface area contributed by atoms with Crippen LogP contribution in [-0.4, -0.2) is 15.0 Å². The Morgan fingerprint density at radius 2 is 0.930 bits per heavy atom. The molecule has 0 spiro atoms. The Hall–Kier alpha value is -6.99. The molecule has 8 aromatic carbocycles. The molecule has 0 bridgehead atoms. The van der Waals surface area contributed by atoms with E-state index in [1.165, 1.54) is 57.9 Å². The minimum absolute atomic E-state index is 0.658. The van der Waals surface area contributed by atoms with E-state index < -0.39 is 0 Å². The van der Waals surface area contributed by atoms with Crippen LogP contribution in [0.25, 0.3) is 119 Å². The minimum Gasteiger partial charge on any atom is -0.456 e. The fourth-order valence-electron chi connectivity index (χ4n) is 8.35. The standard InChI is InChI=1S/C51H29N3OS2/c1-3-13-30(14-4-1)49-52-50(31-15-5-2-6-16-31)54-51(53-49)39-21-11-20-38-45-35(19-12-24-44(45)57-47(38)39)36-27-26-33(46-37-18-8-10-23-43(37)56-48(36)46)32-25-28-42-40(29-32)34-17-7-9-22-41(34)55-42/h1-29H. The van der Waals surface area contributed by atoms with Gasteiger partial charge in [-0.05, 0) is 53.1 Å². The quantitative estimate of drug-likeness (QED) is 0.175. The van der Waals surface area contributed by atoms with Crippen LogP contribution < -0.4 is 0 Å². The third kappa shape index (κ3) is 5.15. The molecule has 266 valence electrons. The van der Waals surface area contributed by atoms with Crippen LogP contribution in [0.15, 0.2) is 180 Å². The van der Waals surface area contributed by atoms with Crippen molar-refractivity contribution >= 4 is 85.0 Å². The third-order valence-electron chi connectivity index (χ3n) is 11.0. The lowest BCUT2D eigenvalue weighted by atomic mass is 9.92. The number of fused-ring (bicyclic) bond motifs is 9. The maximum Gasteiger partial charge on any atom is 0.165 e. The van der Waals surface area contributed by atoms with Crippen molar-refractivity contribution in [1.29, 1.82) is 0 Å². The van der Waals surface area contributed by atoms with Crippen LogP contribution in [0.4, 0.5) is 0 Å². The van der Waals surface area contributed by atoms with Crippen LogP contribution in [0, 0.1) is 0 Å². The van der Waals surface area contributed by atoms with E-state index in [4.69, 9.17) is 19.4 Å². The third-order valence-corrected chi connectivity index (χ3v) is 13.4. The zero-order valence-corrected chi connectivity index (χ0v) is 31.9. The molecule has 12 aromatic rings. The summed E-state index contributed by atoms with van der Waals surface area (Å²) in [6.45, 7) is 0. The molecule has 0 unspecified atom stereocenters. The zero-order valence-electron chi connectivity index (χ0n) is 30.3. The highest BCUT2D eigenvalue weighted by atomic mass is 32.1. The van der Waals surface area contributed by atoms with Gasteiger partial charge in [0, 0.05) is 73.4 Å². The number of furan rings is 1. The van der Waals surface area contributed by atoms with E-state index in [0.29, 0.717) is 17.5 Å². The predicted molar refractivity (Wildman–Crippen MR) is 240 cm³/mol. The second-order valence-electron chi connectivity index (χ2n) is 14.3. The van der Waals surface area contributed by atoms with Gasteiger partial charge >= 0.3 is 0 Å². The lowest BCUT2D eigenvalue weighted by Crippen LogP contribution is -2.00. The van der Waals surface area contributed by atoms with Crippen LogP contribution in [0.5, 0.6) is 0 Å². The van der Waals surface area contributed by atoms with E-state index in [0.717, 1.165) is 43.3 Å². The van der Waals surface area contributed by atoms with Gasteiger partial charge in [-0.3, -0.25) is 0 Å². The summed E-state index contributed by atoms with van der Waals surface area (Å²) in [5.41, 5.74) is 9.59. The Labute approximate surface area is 335 Å². The van der Waals surface area contributed by atoms with Crippen LogP contribution in [0.3, 0.4) is 0 Å². The predicted octanol–water partition coefficient (Wildman–Crippen LogP) is 14.8. The van der Waals surface area contributed by atoms with Gasteiger partial charge in [-0.2, -0.15) is 0 Å². The fourth-order valence-corrected chi connectivity index (χ4v) is 10.8. The summed E-state index contributed by atoms with van der Waals surface area (Å²) in [7, 11) is 0. The number of rotatable bonds is 5. The Morgan fingerprint density at radius 3 is 1.74 bits per heavy atom. The van der Waals surface area contributed by atoms with Crippen molar-refractivity contribution in [2.24, 2.45) is 0 Å². The van der Waals surface area contributed by atoms with Crippen molar-refractivity contribution in [3.8, 4) is 56.4 Å². The molecule has 4 heterocycles. The molecule has 4 aromatic heterocycles. The molecular weight excluding hydrogens is 735 g/mol. The topological polar surface area (TPSA) is 51.8 Å². The number of thiophene rings is 2. The van der Waals surface area contributed by atoms with E-state index in [9.17, 15) is 0 Å². The summed E-state index contributed by atoms with van der Waals surface area (Å²) in [4.78, 5) is 15.2. The average Bonchev–Trinajstić information content (AvgIpc) is 3.98. The first-order valence-corrected chi connectivity index (χ1v) is 20.6. The zero-order chi connectivity index (χ0) is 37.5. The van der Waals surface area contributed by atoms with Crippen molar-refractivity contribution < 1.29 is 4.42 Å². The van der Waals surface area contributed by atoms with Crippen LogP contribution in [0.2, 0.25) is 0 Å². The van der Waals surface area contributed by atoms with Gasteiger partial charge in [-0.25, -0.2) is 15.0 Å². The van der Waals surface area contributed by atoms with E-state index in [2.05, 4.69) is 127 Å². The molecule has 6 heteroatoms. The van der Waals surface area contributed by atoms with Gasteiger partial charge in [-0.1, -0.05) is 140 Å². The summed E-state index contributed by atoms with van der Waals surface area (Å²) in [5.74, 6) is 1.98. The van der Waals surface area contributed by atoms with E-state index >= 15 is 0 Å². The van der Waals surface area contributed by atoms with Gasteiger partial charge < -0.3 is 4.42 Å². The summed E-state index contributed by atoms with van der Waals surface area (Å²) in [6, 6.07) is 62.0. The molecule has 0 aliphatic rings. The lowest BCUT2D eigenvalue weighted by Gasteiger charge is -2.11. The van der Waals surface area contributed by atoms with Crippen molar-refractivity contribution in [3.63, 3.8) is 0 Å². The maximum absolute atomic E-state index is 6.21. The molecule has 0 aliphatic heterocycles. The van der Waals surface area contributed by atoms with Crippen LogP contribution in [0.1, 0.15) is 0 Å².